The molecule has 5 nitrogen and oxygen atoms in total. The number of ether oxygens (including phenoxy) is 1. The first-order valence-corrected chi connectivity index (χ1v) is 7.70. The van der Waals surface area contributed by atoms with Crippen molar-refractivity contribution >= 4 is 17.3 Å². The van der Waals surface area contributed by atoms with Crippen molar-refractivity contribution in [2.24, 2.45) is 0 Å². The number of rotatable bonds is 8. The van der Waals surface area contributed by atoms with Gasteiger partial charge in [0, 0.05) is 12.6 Å². The van der Waals surface area contributed by atoms with Gasteiger partial charge in [0.1, 0.15) is 23.7 Å². The Labute approximate surface area is 132 Å². The van der Waals surface area contributed by atoms with Crippen molar-refractivity contribution in [2.75, 3.05) is 24.3 Å². The van der Waals surface area contributed by atoms with Crippen LogP contribution in [0.15, 0.2) is 30.6 Å². The Bertz CT molecular complexity index is 601. The van der Waals surface area contributed by atoms with Crippen LogP contribution in [0.4, 0.5) is 17.3 Å². The van der Waals surface area contributed by atoms with Gasteiger partial charge in [-0.1, -0.05) is 25.8 Å². The van der Waals surface area contributed by atoms with Crippen molar-refractivity contribution in [2.45, 2.75) is 33.1 Å². The molecule has 1 aromatic carbocycles. The molecule has 1 aromatic heterocycles. The molecule has 0 radical (unpaired) electrons. The van der Waals surface area contributed by atoms with E-state index in [-0.39, 0.29) is 0 Å². The van der Waals surface area contributed by atoms with Gasteiger partial charge in [-0.2, -0.15) is 0 Å². The highest BCUT2D eigenvalue weighted by Gasteiger charge is 2.05. The molecule has 2 aromatic rings. The van der Waals surface area contributed by atoms with E-state index in [4.69, 9.17) is 4.74 Å². The van der Waals surface area contributed by atoms with Crippen LogP contribution in [0.3, 0.4) is 0 Å². The molecule has 0 fully saturated rings. The van der Waals surface area contributed by atoms with Crippen LogP contribution in [0.25, 0.3) is 0 Å². The first-order valence-electron chi connectivity index (χ1n) is 7.70. The Kier molecular flexibility index (Phi) is 6.01. The average molecular weight is 300 g/mol. The van der Waals surface area contributed by atoms with Gasteiger partial charge >= 0.3 is 0 Å². The van der Waals surface area contributed by atoms with E-state index >= 15 is 0 Å². The fourth-order valence-electron chi connectivity index (χ4n) is 2.17. The Morgan fingerprint density at radius 1 is 1.09 bits per heavy atom. The molecule has 1 heterocycles. The smallest absolute Gasteiger partial charge is 0.142 e. The number of nitrogens with one attached hydrogen (secondary N) is 2. The van der Waals surface area contributed by atoms with Crippen LogP contribution >= 0.6 is 0 Å². The van der Waals surface area contributed by atoms with Gasteiger partial charge in [-0.15, -0.1) is 0 Å². The molecule has 0 aliphatic carbocycles. The number of methoxy groups -OCH3 is 1. The van der Waals surface area contributed by atoms with E-state index in [2.05, 4.69) is 27.5 Å². The molecule has 0 atom stereocenters. The number of unbranched alkanes of at least 4 members (excludes halogenated alkanes) is 2. The SMILES string of the molecule is CCCCCNc1cc(Nc2cc(C)ccc2OC)ncn1. The molecule has 0 bridgehead atoms. The number of hydrogen-bond acceptors (Lipinski definition) is 5. The molecule has 0 aliphatic rings. The van der Waals surface area contributed by atoms with Gasteiger partial charge in [-0.25, -0.2) is 9.97 Å². The third-order valence-corrected chi connectivity index (χ3v) is 3.37. The second kappa shape index (κ2) is 8.22. The minimum Gasteiger partial charge on any atom is -0.495 e. The summed E-state index contributed by atoms with van der Waals surface area (Å²) in [5, 5.41) is 6.61. The largest absolute Gasteiger partial charge is 0.495 e. The lowest BCUT2D eigenvalue weighted by molar-refractivity contribution is 0.416. The highest BCUT2D eigenvalue weighted by molar-refractivity contribution is 5.66. The number of nitrogens with zero attached hydrogens (tertiary/aromatic N) is 2. The van der Waals surface area contributed by atoms with Crippen molar-refractivity contribution in [3.8, 4) is 5.75 Å². The third-order valence-electron chi connectivity index (χ3n) is 3.37. The molecule has 118 valence electrons. The van der Waals surface area contributed by atoms with E-state index in [1.165, 1.54) is 12.8 Å². The van der Waals surface area contributed by atoms with Crippen molar-refractivity contribution < 1.29 is 4.74 Å². The van der Waals surface area contributed by atoms with E-state index in [0.717, 1.165) is 41.6 Å². The summed E-state index contributed by atoms with van der Waals surface area (Å²) in [6.45, 7) is 5.17. The molecule has 5 heteroatoms. The van der Waals surface area contributed by atoms with Gasteiger partial charge in [0.2, 0.25) is 0 Å². The van der Waals surface area contributed by atoms with Crippen molar-refractivity contribution in [3.63, 3.8) is 0 Å². The van der Waals surface area contributed by atoms with Crippen molar-refractivity contribution in [1.29, 1.82) is 0 Å². The van der Waals surface area contributed by atoms with E-state index in [0.29, 0.717) is 0 Å². The second-order valence-electron chi connectivity index (χ2n) is 5.25. The van der Waals surface area contributed by atoms with Gasteiger partial charge in [0.15, 0.2) is 0 Å². The predicted octanol–water partition coefficient (Wildman–Crippen LogP) is 4.14. The fourth-order valence-corrected chi connectivity index (χ4v) is 2.17. The molecule has 0 aliphatic heterocycles. The van der Waals surface area contributed by atoms with E-state index in [1.54, 1.807) is 13.4 Å². The van der Waals surface area contributed by atoms with Gasteiger partial charge in [-0.05, 0) is 31.0 Å². The summed E-state index contributed by atoms with van der Waals surface area (Å²) in [5.74, 6) is 2.37. The third kappa shape index (κ3) is 4.62. The van der Waals surface area contributed by atoms with Gasteiger partial charge < -0.3 is 15.4 Å². The lowest BCUT2D eigenvalue weighted by Gasteiger charge is -2.12. The molecule has 0 saturated heterocycles. The molecular weight excluding hydrogens is 276 g/mol. The topological polar surface area (TPSA) is 59.1 Å². The van der Waals surface area contributed by atoms with Crippen molar-refractivity contribution in [1.82, 2.24) is 9.97 Å². The molecule has 0 amide bonds. The first-order chi connectivity index (χ1) is 10.7. The highest BCUT2D eigenvalue weighted by Crippen LogP contribution is 2.28. The van der Waals surface area contributed by atoms with Crippen LogP contribution in [0.5, 0.6) is 5.75 Å². The Morgan fingerprint density at radius 2 is 1.91 bits per heavy atom. The maximum absolute atomic E-state index is 5.37. The number of aryl methyl sites for hydroxylation is 1. The second-order valence-corrected chi connectivity index (χ2v) is 5.25. The van der Waals surface area contributed by atoms with Crippen LogP contribution in [0.2, 0.25) is 0 Å². The molecule has 2 N–H and O–H groups in total. The van der Waals surface area contributed by atoms with Crippen LogP contribution in [0, 0.1) is 6.92 Å². The minimum atomic E-state index is 0.747. The summed E-state index contributed by atoms with van der Waals surface area (Å²) in [7, 11) is 1.66. The minimum absolute atomic E-state index is 0.747. The maximum atomic E-state index is 5.37. The van der Waals surface area contributed by atoms with Crippen molar-refractivity contribution in [3.05, 3.63) is 36.2 Å². The van der Waals surface area contributed by atoms with Crippen LogP contribution in [0.1, 0.15) is 31.7 Å². The quantitative estimate of drug-likeness (QED) is 0.718. The summed E-state index contributed by atoms with van der Waals surface area (Å²) < 4.78 is 5.37. The lowest BCUT2D eigenvalue weighted by atomic mass is 10.2. The summed E-state index contributed by atoms with van der Waals surface area (Å²) in [6, 6.07) is 7.91. The summed E-state index contributed by atoms with van der Waals surface area (Å²) >= 11 is 0. The Morgan fingerprint density at radius 3 is 2.68 bits per heavy atom. The summed E-state index contributed by atoms with van der Waals surface area (Å²) in [6.07, 6.45) is 5.15. The zero-order valence-electron chi connectivity index (χ0n) is 13.5. The Hall–Kier alpha value is -2.30. The molecule has 0 saturated carbocycles. The summed E-state index contributed by atoms with van der Waals surface area (Å²) in [4.78, 5) is 8.51. The highest BCUT2D eigenvalue weighted by atomic mass is 16.5. The molecular formula is C17H24N4O. The lowest BCUT2D eigenvalue weighted by Crippen LogP contribution is -2.05. The van der Waals surface area contributed by atoms with Gasteiger partial charge in [0.05, 0.1) is 12.8 Å². The fraction of sp³-hybridized carbons (Fsp3) is 0.412. The van der Waals surface area contributed by atoms with Crippen LogP contribution in [-0.4, -0.2) is 23.6 Å². The number of anilines is 3. The van der Waals surface area contributed by atoms with Gasteiger partial charge in [0.25, 0.3) is 0 Å². The molecule has 0 spiro atoms. The molecule has 2 rings (SSSR count). The average Bonchev–Trinajstić information content (AvgIpc) is 2.52. The zero-order chi connectivity index (χ0) is 15.8. The maximum Gasteiger partial charge on any atom is 0.142 e. The number of benzene rings is 1. The van der Waals surface area contributed by atoms with Gasteiger partial charge in [-0.3, -0.25) is 0 Å². The van der Waals surface area contributed by atoms with E-state index in [9.17, 15) is 0 Å². The monoisotopic (exact) mass is 300 g/mol. The number of aromatic nitrogens is 2. The van der Waals surface area contributed by atoms with E-state index in [1.807, 2.05) is 31.2 Å². The normalized spacial score (nSPS) is 10.3. The molecule has 22 heavy (non-hydrogen) atoms. The standard InChI is InChI=1S/C17H24N4O/c1-4-5-6-9-18-16-11-17(20-12-19-16)21-14-10-13(2)7-8-15(14)22-3/h7-8,10-12H,4-6,9H2,1-3H3,(H2,18,19,20,21). The Balaban J connectivity index is 2.05. The first kappa shape index (κ1) is 16.1. The van der Waals surface area contributed by atoms with Crippen LogP contribution in [-0.2, 0) is 0 Å². The van der Waals surface area contributed by atoms with Crippen LogP contribution < -0.4 is 15.4 Å². The summed E-state index contributed by atoms with van der Waals surface area (Å²) in [5.41, 5.74) is 2.06. The predicted molar refractivity (Wildman–Crippen MR) is 91.1 cm³/mol. The van der Waals surface area contributed by atoms with E-state index < -0.39 is 0 Å². The molecule has 0 unspecified atom stereocenters. The number of hydrogen-bond donors (Lipinski definition) is 2. The zero-order valence-corrected chi connectivity index (χ0v) is 13.5.